The van der Waals surface area contributed by atoms with Crippen LogP contribution in [0, 0.1) is 5.92 Å². The van der Waals surface area contributed by atoms with Gasteiger partial charge in [0.05, 0.1) is 20.1 Å². The Balaban J connectivity index is 1.67. The molecule has 1 saturated heterocycles. The highest BCUT2D eigenvalue weighted by molar-refractivity contribution is 9.10. The molecule has 0 spiro atoms. The lowest BCUT2D eigenvalue weighted by molar-refractivity contribution is -0.140. The number of ether oxygens (including phenoxy) is 3. The third-order valence-corrected chi connectivity index (χ3v) is 5.58. The van der Waals surface area contributed by atoms with E-state index in [2.05, 4.69) is 15.9 Å². The fraction of sp³-hybridized carbons (Fsp3) is 0.522. The number of likely N-dealkylation sites (tertiary alicyclic amines) is 1. The van der Waals surface area contributed by atoms with Crippen molar-refractivity contribution < 1.29 is 23.8 Å². The lowest BCUT2D eigenvalue weighted by atomic mass is 10.1. The summed E-state index contributed by atoms with van der Waals surface area (Å²) in [5.41, 5.74) is 1.58. The third kappa shape index (κ3) is 6.56. The van der Waals surface area contributed by atoms with E-state index in [-0.39, 0.29) is 24.6 Å². The van der Waals surface area contributed by atoms with Crippen LogP contribution in [0.4, 0.5) is 4.79 Å². The lowest BCUT2D eigenvalue weighted by Crippen LogP contribution is -2.42. The minimum absolute atomic E-state index is 0.00725. The monoisotopic (exact) mass is 492 g/mol. The zero-order valence-corrected chi connectivity index (χ0v) is 19.8. The normalized spacial score (nSPS) is 14.7. The number of esters is 1. The van der Waals surface area contributed by atoms with Crippen molar-refractivity contribution in [2.24, 2.45) is 5.92 Å². The predicted molar refractivity (Wildman–Crippen MR) is 121 cm³/mol. The molecule has 0 saturated carbocycles. The SMILES string of the molecule is COC(=O)CCc1ccc2cc(Br)cc(OC3CCN(C(=O)OCC(C)C)CC3)c2n1. The van der Waals surface area contributed by atoms with Gasteiger partial charge in [-0.2, -0.15) is 0 Å². The fourth-order valence-corrected chi connectivity index (χ4v) is 3.89. The molecule has 8 heteroatoms. The molecule has 0 bridgehead atoms. The molecule has 2 heterocycles. The largest absolute Gasteiger partial charge is 0.488 e. The van der Waals surface area contributed by atoms with Gasteiger partial charge in [-0.3, -0.25) is 4.79 Å². The van der Waals surface area contributed by atoms with Crippen LogP contribution in [0.3, 0.4) is 0 Å². The number of aromatic nitrogens is 1. The average molecular weight is 493 g/mol. The Morgan fingerprint density at radius 3 is 2.65 bits per heavy atom. The zero-order valence-electron chi connectivity index (χ0n) is 18.2. The number of pyridine rings is 1. The molecule has 0 radical (unpaired) electrons. The maximum absolute atomic E-state index is 12.2. The Kier molecular flexibility index (Phi) is 8.12. The highest BCUT2D eigenvalue weighted by Gasteiger charge is 2.25. The van der Waals surface area contributed by atoms with Crippen LogP contribution in [0.15, 0.2) is 28.7 Å². The summed E-state index contributed by atoms with van der Waals surface area (Å²) in [6.45, 7) is 5.68. The van der Waals surface area contributed by atoms with Gasteiger partial charge in [0.15, 0.2) is 0 Å². The second-order valence-electron chi connectivity index (χ2n) is 8.13. The van der Waals surface area contributed by atoms with Crippen molar-refractivity contribution in [3.63, 3.8) is 0 Å². The summed E-state index contributed by atoms with van der Waals surface area (Å²) in [7, 11) is 1.38. The lowest BCUT2D eigenvalue weighted by Gasteiger charge is -2.31. The first-order valence-corrected chi connectivity index (χ1v) is 11.4. The number of carbonyl (C=O) groups excluding carboxylic acids is 2. The molecule has 0 N–H and O–H groups in total. The van der Waals surface area contributed by atoms with Crippen LogP contribution < -0.4 is 4.74 Å². The highest BCUT2D eigenvalue weighted by Crippen LogP contribution is 2.31. The summed E-state index contributed by atoms with van der Waals surface area (Å²) in [6.07, 6.45) is 1.99. The maximum Gasteiger partial charge on any atom is 0.409 e. The van der Waals surface area contributed by atoms with Gasteiger partial charge in [-0.05, 0) is 24.1 Å². The van der Waals surface area contributed by atoms with Gasteiger partial charge in [0.1, 0.15) is 17.4 Å². The van der Waals surface area contributed by atoms with Crippen LogP contribution in [0.2, 0.25) is 0 Å². The van der Waals surface area contributed by atoms with Crippen LogP contribution in [-0.2, 0) is 20.7 Å². The standard InChI is InChI=1S/C23H29BrN2O5/c1-15(2)14-30-23(28)26-10-8-19(9-11-26)31-20-13-17(24)12-16-4-5-18(25-22(16)20)6-7-21(27)29-3/h4-5,12-13,15,19H,6-11,14H2,1-3H3. The number of aryl methyl sites for hydroxylation is 1. The third-order valence-electron chi connectivity index (χ3n) is 5.13. The minimum atomic E-state index is -0.257. The number of amides is 1. The molecular formula is C23H29BrN2O5. The average Bonchev–Trinajstić information content (AvgIpc) is 2.76. The number of hydrogen-bond donors (Lipinski definition) is 0. The van der Waals surface area contributed by atoms with Gasteiger partial charge in [0.2, 0.25) is 0 Å². The van der Waals surface area contributed by atoms with Crippen LogP contribution in [-0.4, -0.2) is 54.9 Å². The van der Waals surface area contributed by atoms with Crippen molar-refractivity contribution in [2.45, 2.75) is 45.6 Å². The first-order valence-electron chi connectivity index (χ1n) is 10.6. The number of rotatable bonds is 7. The summed E-state index contributed by atoms with van der Waals surface area (Å²) in [5, 5.41) is 0.959. The topological polar surface area (TPSA) is 78.0 Å². The Morgan fingerprint density at radius 1 is 1.23 bits per heavy atom. The molecule has 1 fully saturated rings. The van der Waals surface area contributed by atoms with Crippen LogP contribution in [0.5, 0.6) is 5.75 Å². The molecule has 1 amide bonds. The van der Waals surface area contributed by atoms with E-state index in [1.165, 1.54) is 7.11 Å². The van der Waals surface area contributed by atoms with Gasteiger partial charge in [-0.25, -0.2) is 9.78 Å². The highest BCUT2D eigenvalue weighted by atomic mass is 79.9. The summed E-state index contributed by atoms with van der Waals surface area (Å²) in [5.74, 6) is 0.762. The van der Waals surface area contributed by atoms with Crippen molar-refractivity contribution >= 4 is 38.9 Å². The van der Waals surface area contributed by atoms with E-state index in [1.807, 2.05) is 38.1 Å². The van der Waals surface area contributed by atoms with Gasteiger partial charge in [0.25, 0.3) is 0 Å². The molecule has 0 unspecified atom stereocenters. The van der Waals surface area contributed by atoms with E-state index in [4.69, 9.17) is 19.2 Å². The molecule has 2 aromatic rings. The Labute approximate surface area is 191 Å². The summed E-state index contributed by atoms with van der Waals surface area (Å²) < 4.78 is 17.3. The molecule has 7 nitrogen and oxygen atoms in total. The molecule has 1 aliphatic rings. The zero-order chi connectivity index (χ0) is 22.4. The van der Waals surface area contributed by atoms with Crippen molar-refractivity contribution in [1.29, 1.82) is 0 Å². The van der Waals surface area contributed by atoms with Crippen molar-refractivity contribution in [3.8, 4) is 5.75 Å². The molecule has 0 atom stereocenters. The molecule has 1 aromatic heterocycles. The van der Waals surface area contributed by atoms with E-state index >= 15 is 0 Å². The first kappa shape index (κ1) is 23.3. The molecule has 3 rings (SSSR count). The van der Waals surface area contributed by atoms with E-state index in [1.54, 1.807) is 4.90 Å². The maximum atomic E-state index is 12.2. The summed E-state index contributed by atoms with van der Waals surface area (Å²) in [6, 6.07) is 7.82. The van der Waals surface area contributed by atoms with Crippen molar-refractivity contribution in [3.05, 3.63) is 34.4 Å². The van der Waals surface area contributed by atoms with Gasteiger partial charge in [0, 0.05) is 47.9 Å². The number of halogens is 1. The van der Waals surface area contributed by atoms with Gasteiger partial charge < -0.3 is 19.1 Å². The Bertz CT molecular complexity index is 926. The Hall–Kier alpha value is -2.35. The van der Waals surface area contributed by atoms with Gasteiger partial charge in [-0.1, -0.05) is 35.8 Å². The minimum Gasteiger partial charge on any atom is -0.488 e. The fourth-order valence-electron chi connectivity index (χ4n) is 3.43. The van der Waals surface area contributed by atoms with E-state index in [0.29, 0.717) is 37.8 Å². The second-order valence-corrected chi connectivity index (χ2v) is 9.05. The number of piperidine rings is 1. The summed E-state index contributed by atoms with van der Waals surface area (Å²) >= 11 is 3.54. The van der Waals surface area contributed by atoms with Gasteiger partial charge >= 0.3 is 12.1 Å². The number of nitrogens with zero attached hydrogens (tertiary/aromatic N) is 2. The number of methoxy groups -OCH3 is 1. The number of benzene rings is 1. The Morgan fingerprint density at radius 2 is 1.97 bits per heavy atom. The van der Waals surface area contributed by atoms with E-state index < -0.39 is 0 Å². The van der Waals surface area contributed by atoms with Crippen LogP contribution >= 0.6 is 15.9 Å². The smallest absolute Gasteiger partial charge is 0.409 e. The number of carbonyl (C=O) groups is 2. The molecule has 31 heavy (non-hydrogen) atoms. The summed E-state index contributed by atoms with van der Waals surface area (Å²) in [4.78, 5) is 30.1. The number of fused-ring (bicyclic) bond motifs is 1. The van der Waals surface area contributed by atoms with Crippen LogP contribution in [0.25, 0.3) is 10.9 Å². The molecular weight excluding hydrogens is 464 g/mol. The van der Waals surface area contributed by atoms with Gasteiger partial charge in [-0.15, -0.1) is 0 Å². The quantitative estimate of drug-likeness (QED) is 0.519. The number of hydrogen-bond acceptors (Lipinski definition) is 6. The molecule has 1 aromatic carbocycles. The van der Waals surface area contributed by atoms with Crippen molar-refractivity contribution in [1.82, 2.24) is 9.88 Å². The first-order chi connectivity index (χ1) is 14.9. The second kappa shape index (κ2) is 10.8. The predicted octanol–water partition coefficient (Wildman–Crippen LogP) is 4.74. The molecule has 1 aliphatic heterocycles. The van der Waals surface area contributed by atoms with E-state index in [9.17, 15) is 9.59 Å². The molecule has 168 valence electrons. The molecule has 0 aliphatic carbocycles. The van der Waals surface area contributed by atoms with Crippen LogP contribution in [0.1, 0.15) is 38.8 Å². The van der Waals surface area contributed by atoms with E-state index in [0.717, 1.165) is 33.9 Å². The van der Waals surface area contributed by atoms with Crippen molar-refractivity contribution in [2.75, 3.05) is 26.8 Å².